The Bertz CT molecular complexity index is 1870. The number of thiophene rings is 1. The van der Waals surface area contributed by atoms with Gasteiger partial charge in [-0.25, -0.2) is 4.79 Å². The molecule has 1 aliphatic heterocycles. The van der Waals surface area contributed by atoms with E-state index >= 15 is 0 Å². The topological polar surface area (TPSA) is 177 Å². The number of ether oxygens (including phenoxy) is 6. The molecule has 15 nitrogen and oxygen atoms in total. The average Bonchev–Trinajstić information content (AvgIpc) is 3.64. The lowest BCUT2D eigenvalue weighted by molar-refractivity contribution is -0.116. The summed E-state index contributed by atoms with van der Waals surface area (Å²) < 4.78 is 35.0. The molecule has 0 bridgehead atoms. The van der Waals surface area contributed by atoms with Gasteiger partial charge in [0.25, 0.3) is 0 Å². The van der Waals surface area contributed by atoms with Gasteiger partial charge in [0, 0.05) is 33.3 Å². The summed E-state index contributed by atoms with van der Waals surface area (Å²) in [7, 11) is 0. The van der Waals surface area contributed by atoms with Crippen molar-refractivity contribution in [3.63, 3.8) is 0 Å². The van der Waals surface area contributed by atoms with E-state index in [1.54, 1.807) is 35.6 Å². The molecule has 0 fully saturated rings. The monoisotopic (exact) mass is 798 g/mol. The van der Waals surface area contributed by atoms with Crippen LogP contribution in [0.25, 0.3) is 5.00 Å². The van der Waals surface area contributed by atoms with Gasteiger partial charge in [-0.15, -0.1) is 21.5 Å². The van der Waals surface area contributed by atoms with Crippen LogP contribution in [-0.2, 0) is 28.5 Å². The summed E-state index contributed by atoms with van der Waals surface area (Å²) >= 11 is 7.89. The molecule has 1 aliphatic rings. The van der Waals surface area contributed by atoms with E-state index in [1.807, 2.05) is 35.8 Å². The van der Waals surface area contributed by atoms with Gasteiger partial charge in [-0.05, 0) is 62.7 Å². The van der Waals surface area contributed by atoms with Crippen LogP contribution in [0, 0.1) is 20.8 Å². The van der Waals surface area contributed by atoms with E-state index in [0.29, 0.717) is 95.0 Å². The van der Waals surface area contributed by atoms with Gasteiger partial charge in [0.15, 0.2) is 5.82 Å². The minimum Gasteiger partial charge on any atom is -0.491 e. The second kappa shape index (κ2) is 21.6. The first-order valence-corrected chi connectivity index (χ1v) is 19.1. The zero-order chi connectivity index (χ0) is 39.0. The van der Waals surface area contributed by atoms with E-state index in [4.69, 9.17) is 50.1 Å². The highest BCUT2D eigenvalue weighted by molar-refractivity contribution is 7.15. The molecule has 3 N–H and O–H groups in total. The van der Waals surface area contributed by atoms with E-state index in [-0.39, 0.29) is 18.9 Å². The first-order chi connectivity index (χ1) is 26.7. The summed E-state index contributed by atoms with van der Waals surface area (Å²) in [6.45, 7) is 10.8. The van der Waals surface area contributed by atoms with Crippen molar-refractivity contribution in [2.45, 2.75) is 33.2 Å². The number of aliphatic imine (C=N–C) groups is 1. The standard InChI is InChI=1S/C38H47ClN6O9S/c1-25-26(2)55-37-34(25)35(28-4-6-29(39)7-5-28)42-32(36-44-43-27(3)45(36)37)24-33(46)41-30-8-10-31(11-9-30)54-23-22-53-21-20-52-19-18-51-17-16-50-15-14-49-13-12-40-38(47)48/h4-11,32,40H,12-24H2,1-3H3,(H,41,46)(H,47,48)/t32-/m0/s1. The van der Waals surface area contributed by atoms with Crippen LogP contribution in [0.3, 0.4) is 0 Å². The number of anilines is 1. The maximum atomic E-state index is 13.4. The van der Waals surface area contributed by atoms with Crippen LogP contribution in [0.4, 0.5) is 10.5 Å². The number of hydrogen-bond acceptors (Lipinski definition) is 12. The summed E-state index contributed by atoms with van der Waals surface area (Å²) in [6.07, 6.45) is -1.00. The third-order valence-corrected chi connectivity index (χ3v) is 9.83. The number of carbonyl (C=O) groups excluding carboxylic acids is 1. The average molecular weight is 799 g/mol. The molecule has 3 heterocycles. The molecule has 55 heavy (non-hydrogen) atoms. The molecule has 0 aliphatic carbocycles. The molecule has 0 saturated heterocycles. The smallest absolute Gasteiger partial charge is 0.404 e. The van der Waals surface area contributed by atoms with Gasteiger partial charge in [0.1, 0.15) is 29.2 Å². The molecule has 5 rings (SSSR count). The van der Waals surface area contributed by atoms with Crippen molar-refractivity contribution in [1.29, 1.82) is 0 Å². The summed E-state index contributed by atoms with van der Waals surface area (Å²) in [4.78, 5) is 30.1. The summed E-state index contributed by atoms with van der Waals surface area (Å²) in [5.74, 6) is 1.80. The summed E-state index contributed by atoms with van der Waals surface area (Å²) in [6, 6.07) is 14.2. The molecule has 17 heteroatoms. The molecule has 0 saturated carbocycles. The highest BCUT2D eigenvalue weighted by atomic mass is 35.5. The van der Waals surface area contributed by atoms with Gasteiger partial charge >= 0.3 is 6.09 Å². The van der Waals surface area contributed by atoms with Crippen LogP contribution in [0.15, 0.2) is 53.5 Å². The van der Waals surface area contributed by atoms with Crippen molar-refractivity contribution >= 4 is 46.3 Å². The Morgan fingerprint density at radius 3 is 1.98 bits per heavy atom. The number of amides is 2. The molecule has 296 valence electrons. The lowest BCUT2D eigenvalue weighted by atomic mass is 9.99. The van der Waals surface area contributed by atoms with E-state index in [0.717, 1.165) is 33.2 Å². The minimum absolute atomic E-state index is 0.0685. The Balaban J connectivity index is 0.985. The first kappa shape index (κ1) is 41.7. The summed E-state index contributed by atoms with van der Waals surface area (Å²) in [5.41, 5.74) is 4.48. The lowest BCUT2D eigenvalue weighted by Crippen LogP contribution is -2.25. The number of nitrogens with zero attached hydrogens (tertiary/aromatic N) is 4. The number of nitrogens with one attached hydrogen (secondary N) is 2. The first-order valence-electron chi connectivity index (χ1n) is 18.0. The zero-order valence-corrected chi connectivity index (χ0v) is 32.7. The van der Waals surface area contributed by atoms with Crippen molar-refractivity contribution in [2.24, 2.45) is 4.99 Å². The predicted molar refractivity (Wildman–Crippen MR) is 209 cm³/mol. The molecule has 0 unspecified atom stereocenters. The van der Waals surface area contributed by atoms with Gasteiger partial charge < -0.3 is 44.2 Å². The quantitative estimate of drug-likeness (QED) is 0.0802. The van der Waals surface area contributed by atoms with Crippen molar-refractivity contribution < 1.29 is 43.1 Å². The number of carbonyl (C=O) groups is 2. The molecule has 2 amide bonds. The number of rotatable bonds is 23. The maximum Gasteiger partial charge on any atom is 0.404 e. The molecule has 2 aromatic carbocycles. The van der Waals surface area contributed by atoms with E-state index in [9.17, 15) is 9.59 Å². The van der Waals surface area contributed by atoms with Crippen molar-refractivity contribution in [2.75, 3.05) is 84.5 Å². The fourth-order valence-corrected chi connectivity index (χ4v) is 6.92. The number of fused-ring (bicyclic) bond motifs is 3. The van der Waals surface area contributed by atoms with Crippen LogP contribution in [-0.4, -0.2) is 117 Å². The van der Waals surface area contributed by atoms with Crippen LogP contribution < -0.4 is 15.4 Å². The fourth-order valence-electron chi connectivity index (χ4n) is 5.58. The van der Waals surface area contributed by atoms with E-state index in [1.165, 1.54) is 4.88 Å². The highest BCUT2D eigenvalue weighted by Crippen LogP contribution is 2.39. The summed E-state index contributed by atoms with van der Waals surface area (Å²) in [5, 5.41) is 24.2. The van der Waals surface area contributed by atoms with Gasteiger partial charge in [0.05, 0.1) is 78.2 Å². The van der Waals surface area contributed by atoms with Crippen LogP contribution in [0.5, 0.6) is 5.75 Å². The van der Waals surface area contributed by atoms with E-state index in [2.05, 4.69) is 34.7 Å². The number of aryl methyl sites for hydroxylation is 2. The molecule has 0 spiro atoms. The Hall–Kier alpha value is -4.42. The van der Waals surface area contributed by atoms with Gasteiger partial charge in [0.2, 0.25) is 5.91 Å². The van der Waals surface area contributed by atoms with Crippen molar-refractivity contribution in [1.82, 2.24) is 20.1 Å². The van der Waals surface area contributed by atoms with E-state index < -0.39 is 12.1 Å². The largest absolute Gasteiger partial charge is 0.491 e. The minimum atomic E-state index is -1.07. The zero-order valence-electron chi connectivity index (χ0n) is 31.2. The molecule has 1 atom stereocenters. The number of aromatic nitrogens is 3. The number of benzene rings is 2. The lowest BCUT2D eigenvalue weighted by Gasteiger charge is -2.13. The van der Waals surface area contributed by atoms with Crippen LogP contribution in [0.2, 0.25) is 5.02 Å². The SMILES string of the molecule is Cc1sc2c(c1C)C(c1ccc(Cl)cc1)=N[C@@H](CC(=O)Nc1ccc(OCCOCCOCCOCCOCCOCCNC(=O)O)cc1)c1nnc(C)n1-2. The predicted octanol–water partition coefficient (Wildman–Crippen LogP) is 5.56. The van der Waals surface area contributed by atoms with Crippen molar-refractivity contribution in [3.8, 4) is 10.8 Å². The van der Waals surface area contributed by atoms with Gasteiger partial charge in [-0.3, -0.25) is 14.4 Å². The highest BCUT2D eigenvalue weighted by Gasteiger charge is 2.32. The molecule has 4 aromatic rings. The second-order valence-corrected chi connectivity index (χ2v) is 14.0. The van der Waals surface area contributed by atoms with Gasteiger partial charge in [-0.1, -0.05) is 23.7 Å². The number of carboxylic acid groups (broad SMARTS) is 1. The molecule has 2 aromatic heterocycles. The molecular formula is C38H47ClN6O9S. The number of halogens is 1. The molecule has 0 radical (unpaired) electrons. The van der Waals surface area contributed by atoms with Gasteiger partial charge in [-0.2, -0.15) is 0 Å². The normalized spacial score (nSPS) is 13.5. The fraction of sp³-hybridized carbons (Fsp3) is 0.447. The third-order valence-electron chi connectivity index (χ3n) is 8.38. The Morgan fingerprint density at radius 1 is 0.800 bits per heavy atom. The van der Waals surface area contributed by atoms with Crippen molar-refractivity contribution in [3.05, 3.63) is 86.8 Å². The Labute approximate surface area is 328 Å². The van der Waals surface area contributed by atoms with Crippen LogP contribution >= 0.6 is 22.9 Å². The Kier molecular flexibility index (Phi) is 16.4. The Morgan fingerprint density at radius 2 is 1.38 bits per heavy atom. The van der Waals surface area contributed by atoms with Crippen LogP contribution in [0.1, 0.15) is 45.7 Å². The third kappa shape index (κ3) is 12.5. The molecular weight excluding hydrogens is 752 g/mol. The second-order valence-electron chi connectivity index (χ2n) is 12.3. The maximum absolute atomic E-state index is 13.4. The number of hydrogen-bond donors (Lipinski definition) is 3.